The van der Waals surface area contributed by atoms with Crippen LogP contribution in [0.25, 0.3) is 0 Å². The van der Waals surface area contributed by atoms with Gasteiger partial charge in [0.1, 0.15) is 0 Å². The van der Waals surface area contributed by atoms with E-state index in [4.69, 9.17) is 0 Å². The molecule has 0 radical (unpaired) electrons. The molecule has 17 heavy (non-hydrogen) atoms. The predicted octanol–water partition coefficient (Wildman–Crippen LogP) is 3.69. The van der Waals surface area contributed by atoms with Gasteiger partial charge in [-0.25, -0.2) is 0 Å². The Morgan fingerprint density at radius 3 is 2.24 bits per heavy atom. The number of hydrogen-bond donors (Lipinski definition) is 1. The van der Waals surface area contributed by atoms with Gasteiger partial charge >= 0.3 is 0 Å². The summed E-state index contributed by atoms with van der Waals surface area (Å²) in [7, 11) is 0. The van der Waals surface area contributed by atoms with Crippen molar-refractivity contribution >= 4 is 0 Å². The van der Waals surface area contributed by atoms with E-state index in [1.165, 1.54) is 17.5 Å². The van der Waals surface area contributed by atoms with Crippen LogP contribution in [-0.4, -0.2) is 11.2 Å². The third kappa shape index (κ3) is 3.32. The molecule has 0 amide bonds. The SMILES string of the molecule is CC(C)(C)c1ccc(CC2CCC(O)C2)cc1. The highest BCUT2D eigenvalue weighted by Gasteiger charge is 2.22. The van der Waals surface area contributed by atoms with Crippen molar-refractivity contribution in [3.05, 3.63) is 35.4 Å². The molecule has 0 aliphatic heterocycles. The van der Waals surface area contributed by atoms with E-state index in [1.807, 2.05) is 0 Å². The molecular weight excluding hydrogens is 208 g/mol. The Balaban J connectivity index is 1.99. The minimum Gasteiger partial charge on any atom is -0.393 e. The molecule has 2 atom stereocenters. The molecule has 0 aromatic heterocycles. The Kier molecular flexibility index (Phi) is 3.58. The van der Waals surface area contributed by atoms with Gasteiger partial charge < -0.3 is 5.11 Å². The Labute approximate surface area is 105 Å². The number of hydrogen-bond acceptors (Lipinski definition) is 1. The van der Waals surface area contributed by atoms with Crippen LogP contribution in [0.4, 0.5) is 0 Å². The van der Waals surface area contributed by atoms with Crippen LogP contribution in [-0.2, 0) is 11.8 Å². The van der Waals surface area contributed by atoms with Crippen LogP contribution in [0.3, 0.4) is 0 Å². The molecule has 1 aromatic carbocycles. The van der Waals surface area contributed by atoms with E-state index in [2.05, 4.69) is 45.0 Å². The van der Waals surface area contributed by atoms with Crippen molar-refractivity contribution in [3.63, 3.8) is 0 Å². The second-order valence-electron chi connectivity index (χ2n) is 6.48. The molecular formula is C16H24O. The molecule has 0 saturated heterocycles. The summed E-state index contributed by atoms with van der Waals surface area (Å²) >= 11 is 0. The third-order valence-corrected chi connectivity index (χ3v) is 3.86. The number of rotatable bonds is 2. The molecule has 1 aliphatic rings. The fraction of sp³-hybridized carbons (Fsp3) is 0.625. The normalized spacial score (nSPS) is 25.2. The fourth-order valence-electron chi connectivity index (χ4n) is 2.71. The highest BCUT2D eigenvalue weighted by atomic mass is 16.3. The summed E-state index contributed by atoms with van der Waals surface area (Å²) in [4.78, 5) is 0. The van der Waals surface area contributed by atoms with Crippen molar-refractivity contribution in [3.8, 4) is 0 Å². The summed E-state index contributed by atoms with van der Waals surface area (Å²) in [5.74, 6) is 0.686. The van der Waals surface area contributed by atoms with E-state index in [-0.39, 0.29) is 11.5 Å². The van der Waals surface area contributed by atoms with Crippen molar-refractivity contribution in [1.82, 2.24) is 0 Å². The largest absolute Gasteiger partial charge is 0.393 e. The Morgan fingerprint density at radius 2 is 1.76 bits per heavy atom. The van der Waals surface area contributed by atoms with Crippen molar-refractivity contribution in [2.45, 2.75) is 58.0 Å². The lowest BCUT2D eigenvalue weighted by atomic mass is 9.86. The van der Waals surface area contributed by atoms with Crippen molar-refractivity contribution < 1.29 is 5.11 Å². The van der Waals surface area contributed by atoms with Crippen LogP contribution in [0.15, 0.2) is 24.3 Å². The van der Waals surface area contributed by atoms with Gasteiger partial charge in [0.25, 0.3) is 0 Å². The molecule has 1 heteroatoms. The molecule has 1 nitrogen and oxygen atoms in total. The van der Waals surface area contributed by atoms with Gasteiger partial charge in [-0.1, -0.05) is 45.0 Å². The Hall–Kier alpha value is -0.820. The highest BCUT2D eigenvalue weighted by molar-refractivity contribution is 5.27. The first kappa shape index (κ1) is 12.6. The van der Waals surface area contributed by atoms with Gasteiger partial charge in [0.05, 0.1) is 6.10 Å². The van der Waals surface area contributed by atoms with Gasteiger partial charge in [-0.2, -0.15) is 0 Å². The first-order chi connectivity index (χ1) is 7.95. The molecule has 1 aliphatic carbocycles. The zero-order chi connectivity index (χ0) is 12.5. The van der Waals surface area contributed by atoms with Crippen LogP contribution in [0.5, 0.6) is 0 Å². The maximum absolute atomic E-state index is 9.53. The van der Waals surface area contributed by atoms with Gasteiger partial charge in [0, 0.05) is 0 Å². The van der Waals surface area contributed by atoms with Crippen LogP contribution in [0, 0.1) is 5.92 Å². The zero-order valence-electron chi connectivity index (χ0n) is 11.2. The smallest absolute Gasteiger partial charge is 0.0543 e. The maximum Gasteiger partial charge on any atom is 0.0543 e. The summed E-state index contributed by atoms with van der Waals surface area (Å²) in [5, 5.41) is 9.53. The molecule has 1 fully saturated rings. The molecule has 94 valence electrons. The standard InChI is InChI=1S/C16H24O/c1-16(2,3)14-7-4-12(5-8-14)10-13-6-9-15(17)11-13/h4-5,7-8,13,15,17H,6,9-11H2,1-3H3. The molecule has 2 rings (SSSR count). The monoisotopic (exact) mass is 232 g/mol. The lowest BCUT2D eigenvalue weighted by Gasteiger charge is -2.19. The van der Waals surface area contributed by atoms with Gasteiger partial charge in [0.15, 0.2) is 0 Å². The summed E-state index contributed by atoms with van der Waals surface area (Å²) in [5.41, 5.74) is 3.05. The molecule has 2 unspecified atom stereocenters. The Bertz CT molecular complexity index is 358. The van der Waals surface area contributed by atoms with Gasteiger partial charge in [-0.15, -0.1) is 0 Å². The van der Waals surface area contributed by atoms with Crippen LogP contribution < -0.4 is 0 Å². The van der Waals surface area contributed by atoms with Crippen LogP contribution in [0.2, 0.25) is 0 Å². The topological polar surface area (TPSA) is 20.2 Å². The second kappa shape index (κ2) is 4.81. The minimum absolute atomic E-state index is 0.0474. The average molecular weight is 232 g/mol. The summed E-state index contributed by atoms with van der Waals surface area (Å²) in [6.45, 7) is 6.74. The quantitative estimate of drug-likeness (QED) is 0.824. The Morgan fingerprint density at radius 1 is 1.12 bits per heavy atom. The average Bonchev–Trinajstić information content (AvgIpc) is 2.63. The van der Waals surface area contributed by atoms with E-state index in [9.17, 15) is 5.11 Å². The lowest BCUT2D eigenvalue weighted by molar-refractivity contribution is 0.177. The van der Waals surface area contributed by atoms with E-state index >= 15 is 0 Å². The van der Waals surface area contributed by atoms with Crippen LogP contribution >= 0.6 is 0 Å². The van der Waals surface area contributed by atoms with Crippen LogP contribution in [0.1, 0.15) is 51.2 Å². The molecule has 1 N–H and O–H groups in total. The molecule has 0 bridgehead atoms. The van der Waals surface area contributed by atoms with Crippen molar-refractivity contribution in [1.29, 1.82) is 0 Å². The van der Waals surface area contributed by atoms with Crippen molar-refractivity contribution in [2.24, 2.45) is 5.92 Å². The number of benzene rings is 1. The summed E-state index contributed by atoms with van der Waals surface area (Å²) < 4.78 is 0. The van der Waals surface area contributed by atoms with E-state index < -0.39 is 0 Å². The lowest BCUT2D eigenvalue weighted by Crippen LogP contribution is -2.11. The van der Waals surface area contributed by atoms with Crippen molar-refractivity contribution in [2.75, 3.05) is 0 Å². The first-order valence-electron chi connectivity index (χ1n) is 6.72. The van der Waals surface area contributed by atoms with Gasteiger partial charge in [-0.05, 0) is 48.1 Å². The first-order valence-corrected chi connectivity index (χ1v) is 6.72. The minimum atomic E-state index is -0.0474. The zero-order valence-corrected chi connectivity index (χ0v) is 11.2. The van der Waals surface area contributed by atoms with Gasteiger partial charge in [-0.3, -0.25) is 0 Å². The molecule has 0 heterocycles. The number of aliphatic hydroxyl groups excluding tert-OH is 1. The predicted molar refractivity (Wildman–Crippen MR) is 72.2 cm³/mol. The number of aliphatic hydroxyl groups is 1. The van der Waals surface area contributed by atoms with E-state index in [0.717, 1.165) is 19.3 Å². The highest BCUT2D eigenvalue weighted by Crippen LogP contribution is 2.29. The van der Waals surface area contributed by atoms with E-state index in [0.29, 0.717) is 5.92 Å². The molecule has 0 spiro atoms. The second-order valence-corrected chi connectivity index (χ2v) is 6.48. The van der Waals surface area contributed by atoms with Gasteiger partial charge in [0.2, 0.25) is 0 Å². The summed E-state index contributed by atoms with van der Waals surface area (Å²) in [6, 6.07) is 9.01. The third-order valence-electron chi connectivity index (χ3n) is 3.86. The fourth-order valence-corrected chi connectivity index (χ4v) is 2.71. The van der Waals surface area contributed by atoms with E-state index in [1.54, 1.807) is 0 Å². The molecule has 1 saturated carbocycles. The maximum atomic E-state index is 9.53. The summed E-state index contributed by atoms with van der Waals surface area (Å²) in [6.07, 6.45) is 4.24. The molecule has 1 aromatic rings.